The van der Waals surface area contributed by atoms with Gasteiger partial charge in [0.15, 0.2) is 0 Å². The van der Waals surface area contributed by atoms with Crippen molar-refractivity contribution < 1.29 is 4.74 Å². The molecular formula is C15H18N2O. The number of allylic oxidation sites excluding steroid dienone is 1. The summed E-state index contributed by atoms with van der Waals surface area (Å²) in [6, 6.07) is 2.68. The number of aromatic nitrogens is 1. The van der Waals surface area contributed by atoms with E-state index in [1.807, 2.05) is 12.3 Å². The van der Waals surface area contributed by atoms with Crippen LogP contribution in [0.3, 0.4) is 0 Å². The summed E-state index contributed by atoms with van der Waals surface area (Å²) in [5.74, 6) is 1.58. The maximum atomic E-state index is 5.28. The fourth-order valence-electron chi connectivity index (χ4n) is 2.95. The van der Waals surface area contributed by atoms with Gasteiger partial charge in [-0.1, -0.05) is 12.7 Å². The largest absolute Gasteiger partial charge is 0.464 e. The summed E-state index contributed by atoms with van der Waals surface area (Å²) < 4.78 is 5.28. The molecule has 0 amide bonds. The third kappa shape index (κ3) is 2.18. The summed E-state index contributed by atoms with van der Waals surface area (Å²) in [6.07, 6.45) is 11.0. The topological polar surface area (TPSA) is 34.1 Å². The predicted molar refractivity (Wildman–Crippen MR) is 72.2 cm³/mol. The number of fused-ring (bicyclic) bond motifs is 1. The highest BCUT2D eigenvalue weighted by Gasteiger charge is 2.30. The summed E-state index contributed by atoms with van der Waals surface area (Å²) in [6.45, 7) is 4.73. The Kier molecular flexibility index (Phi) is 3.15. The fourth-order valence-corrected chi connectivity index (χ4v) is 2.95. The van der Waals surface area contributed by atoms with E-state index in [1.54, 1.807) is 6.20 Å². The quantitative estimate of drug-likeness (QED) is 0.828. The first-order valence-electron chi connectivity index (χ1n) is 6.52. The van der Waals surface area contributed by atoms with E-state index in [-0.39, 0.29) is 0 Å². The highest BCUT2D eigenvalue weighted by atomic mass is 16.5. The Hall–Kier alpha value is -1.61. The van der Waals surface area contributed by atoms with Gasteiger partial charge in [0.1, 0.15) is 5.75 Å². The van der Waals surface area contributed by atoms with Crippen molar-refractivity contribution in [1.82, 2.24) is 10.3 Å². The molecule has 0 radical (unpaired) electrons. The monoisotopic (exact) mass is 242 g/mol. The summed E-state index contributed by atoms with van der Waals surface area (Å²) in [7, 11) is 0. The fraction of sp³-hybridized carbons (Fsp3) is 0.400. The van der Waals surface area contributed by atoms with Crippen LogP contribution in [0.4, 0.5) is 0 Å². The lowest BCUT2D eigenvalue weighted by molar-refractivity contribution is 0.444. The van der Waals surface area contributed by atoms with Crippen molar-refractivity contribution in [2.24, 2.45) is 5.92 Å². The predicted octanol–water partition coefficient (Wildman–Crippen LogP) is 2.76. The van der Waals surface area contributed by atoms with Gasteiger partial charge in [-0.25, -0.2) is 0 Å². The Balaban J connectivity index is 1.82. The maximum absolute atomic E-state index is 5.28. The van der Waals surface area contributed by atoms with Crippen molar-refractivity contribution in [3.8, 4) is 5.75 Å². The van der Waals surface area contributed by atoms with Gasteiger partial charge in [0.25, 0.3) is 0 Å². The molecule has 0 saturated carbocycles. The minimum Gasteiger partial charge on any atom is -0.464 e. The number of nitrogens with zero attached hydrogens (tertiary/aromatic N) is 1. The summed E-state index contributed by atoms with van der Waals surface area (Å²) in [4.78, 5) is 4.23. The standard InChI is InChI=1S/C15H18N2O/c1-2-18-14-7-13(9-16-10-14)12-4-3-11-5-6-17-15(11)8-12/h2,4,7,9-11,15,17H,1,3,5-6,8H2/t11-,15-/m1/s1. The van der Waals surface area contributed by atoms with Crippen LogP contribution in [0.1, 0.15) is 24.8 Å². The number of pyridine rings is 1. The van der Waals surface area contributed by atoms with Crippen molar-refractivity contribution in [1.29, 1.82) is 0 Å². The Morgan fingerprint density at radius 1 is 1.44 bits per heavy atom. The van der Waals surface area contributed by atoms with Gasteiger partial charge in [0.05, 0.1) is 12.5 Å². The molecule has 2 atom stereocenters. The van der Waals surface area contributed by atoms with Gasteiger partial charge in [0, 0.05) is 12.2 Å². The SMILES string of the molecule is C=COc1cncc(C2=CC[C@@H]3CCN[C@@H]3C2)c1. The maximum Gasteiger partial charge on any atom is 0.145 e. The van der Waals surface area contributed by atoms with E-state index < -0.39 is 0 Å². The zero-order valence-electron chi connectivity index (χ0n) is 10.4. The average Bonchev–Trinajstić information content (AvgIpc) is 2.86. The lowest BCUT2D eigenvalue weighted by Crippen LogP contribution is -2.29. The Labute approximate surface area is 108 Å². The van der Waals surface area contributed by atoms with Gasteiger partial charge in [-0.3, -0.25) is 4.98 Å². The van der Waals surface area contributed by atoms with E-state index in [1.165, 1.54) is 30.2 Å². The third-order valence-corrected chi connectivity index (χ3v) is 3.90. The van der Waals surface area contributed by atoms with Gasteiger partial charge in [0.2, 0.25) is 0 Å². The molecule has 1 aromatic heterocycles. The Morgan fingerprint density at radius 3 is 3.28 bits per heavy atom. The number of nitrogens with one attached hydrogen (secondary N) is 1. The molecule has 0 unspecified atom stereocenters. The van der Waals surface area contributed by atoms with E-state index in [9.17, 15) is 0 Å². The molecule has 1 saturated heterocycles. The van der Waals surface area contributed by atoms with Crippen molar-refractivity contribution in [2.75, 3.05) is 6.54 Å². The molecule has 2 aliphatic rings. The van der Waals surface area contributed by atoms with Crippen molar-refractivity contribution in [2.45, 2.75) is 25.3 Å². The second kappa shape index (κ2) is 4.94. The van der Waals surface area contributed by atoms with E-state index in [0.29, 0.717) is 6.04 Å². The van der Waals surface area contributed by atoms with Crippen molar-refractivity contribution in [3.05, 3.63) is 42.9 Å². The van der Waals surface area contributed by atoms with Crippen LogP contribution in [0.5, 0.6) is 5.75 Å². The smallest absolute Gasteiger partial charge is 0.145 e. The summed E-state index contributed by atoms with van der Waals surface area (Å²) in [5, 5.41) is 3.59. The van der Waals surface area contributed by atoms with Crippen LogP contribution in [-0.4, -0.2) is 17.6 Å². The first-order chi connectivity index (χ1) is 8.86. The first kappa shape index (κ1) is 11.5. The molecule has 2 heterocycles. The second-order valence-corrected chi connectivity index (χ2v) is 4.97. The van der Waals surface area contributed by atoms with E-state index in [4.69, 9.17) is 4.74 Å². The number of hydrogen-bond acceptors (Lipinski definition) is 3. The van der Waals surface area contributed by atoms with E-state index in [2.05, 4.69) is 23.0 Å². The molecule has 18 heavy (non-hydrogen) atoms. The van der Waals surface area contributed by atoms with E-state index in [0.717, 1.165) is 24.6 Å². The minimum absolute atomic E-state index is 0.647. The molecule has 1 fully saturated rings. The molecule has 3 nitrogen and oxygen atoms in total. The average molecular weight is 242 g/mol. The summed E-state index contributed by atoms with van der Waals surface area (Å²) in [5.41, 5.74) is 2.55. The van der Waals surface area contributed by atoms with Crippen LogP contribution in [0.25, 0.3) is 5.57 Å². The van der Waals surface area contributed by atoms with Gasteiger partial charge < -0.3 is 10.1 Å². The third-order valence-electron chi connectivity index (χ3n) is 3.90. The van der Waals surface area contributed by atoms with Gasteiger partial charge in [-0.05, 0) is 48.9 Å². The molecular weight excluding hydrogens is 224 g/mol. The van der Waals surface area contributed by atoms with Gasteiger partial charge in [-0.2, -0.15) is 0 Å². The van der Waals surface area contributed by atoms with Gasteiger partial charge >= 0.3 is 0 Å². The highest BCUT2D eigenvalue weighted by molar-refractivity contribution is 5.67. The molecule has 3 rings (SSSR count). The lowest BCUT2D eigenvalue weighted by Gasteiger charge is -2.25. The highest BCUT2D eigenvalue weighted by Crippen LogP contribution is 2.35. The van der Waals surface area contributed by atoms with Crippen LogP contribution in [0.2, 0.25) is 0 Å². The minimum atomic E-state index is 0.647. The van der Waals surface area contributed by atoms with E-state index >= 15 is 0 Å². The first-order valence-corrected chi connectivity index (χ1v) is 6.52. The van der Waals surface area contributed by atoms with Crippen molar-refractivity contribution in [3.63, 3.8) is 0 Å². The van der Waals surface area contributed by atoms with Gasteiger partial charge in [-0.15, -0.1) is 0 Å². The molecule has 1 aromatic rings. The molecule has 1 aliphatic heterocycles. The zero-order chi connectivity index (χ0) is 12.4. The van der Waals surface area contributed by atoms with Crippen LogP contribution < -0.4 is 10.1 Å². The molecule has 0 spiro atoms. The number of ether oxygens (including phenoxy) is 1. The molecule has 0 aromatic carbocycles. The molecule has 1 N–H and O–H groups in total. The van der Waals surface area contributed by atoms with Crippen LogP contribution in [0.15, 0.2) is 37.4 Å². The zero-order valence-corrected chi connectivity index (χ0v) is 10.4. The second-order valence-electron chi connectivity index (χ2n) is 4.97. The van der Waals surface area contributed by atoms with Crippen LogP contribution >= 0.6 is 0 Å². The molecule has 3 heteroatoms. The molecule has 1 aliphatic carbocycles. The van der Waals surface area contributed by atoms with Crippen LogP contribution in [-0.2, 0) is 0 Å². The lowest BCUT2D eigenvalue weighted by atomic mass is 9.84. The van der Waals surface area contributed by atoms with Crippen LogP contribution in [0, 0.1) is 5.92 Å². The number of rotatable bonds is 3. The summed E-state index contributed by atoms with van der Waals surface area (Å²) >= 11 is 0. The Bertz CT molecular complexity index is 481. The molecule has 0 bridgehead atoms. The number of hydrogen-bond donors (Lipinski definition) is 1. The van der Waals surface area contributed by atoms with Crippen molar-refractivity contribution >= 4 is 5.57 Å². The molecule has 94 valence electrons. The normalized spacial score (nSPS) is 26.3. The Morgan fingerprint density at radius 2 is 2.39 bits per heavy atom.